The van der Waals surface area contributed by atoms with Crippen LogP contribution in [0, 0.1) is 5.41 Å². The molecule has 0 aromatic carbocycles. The van der Waals surface area contributed by atoms with E-state index in [1.807, 2.05) is 25.2 Å². The molecule has 1 aliphatic rings. The average molecular weight is 405 g/mol. The number of hydrogen-bond acceptors (Lipinski definition) is 1. The summed E-state index contributed by atoms with van der Waals surface area (Å²) < 4.78 is 0. The van der Waals surface area contributed by atoms with Crippen LogP contribution in [0.2, 0.25) is 0 Å². The van der Waals surface area contributed by atoms with Crippen molar-refractivity contribution in [3.8, 4) is 0 Å². The van der Waals surface area contributed by atoms with Gasteiger partial charge in [-0.3, -0.25) is 0 Å². The zero-order valence-electron chi connectivity index (χ0n) is 19.9. The molecule has 0 amide bonds. The minimum absolute atomic E-state index is 0.0231. The second kappa shape index (κ2) is 13.0. The summed E-state index contributed by atoms with van der Waals surface area (Å²) in [6.07, 6.45) is 28.7. The Labute approximate surface area is 185 Å². The van der Waals surface area contributed by atoms with Crippen molar-refractivity contribution in [2.75, 3.05) is 0 Å². The third-order valence-corrected chi connectivity index (χ3v) is 5.20. The molecular weight excluding hydrogens is 364 g/mol. The van der Waals surface area contributed by atoms with E-state index in [1.165, 1.54) is 27.9 Å². The highest BCUT2D eigenvalue weighted by molar-refractivity contribution is 5.38. The third kappa shape index (κ3) is 9.89. The SMILES string of the molecule is C\C=C/C=C/C(C)=C/C=C/C=C(C)/C=C/C=C(C)/C=C/C1=C(C)C[C@@H](O)CC1(C)C. The predicted molar refractivity (Wildman–Crippen MR) is 134 cm³/mol. The minimum Gasteiger partial charge on any atom is -0.393 e. The van der Waals surface area contributed by atoms with Crippen LogP contribution in [0.15, 0.2) is 107 Å². The van der Waals surface area contributed by atoms with E-state index >= 15 is 0 Å². The summed E-state index contributed by atoms with van der Waals surface area (Å²) in [4.78, 5) is 0. The van der Waals surface area contributed by atoms with Gasteiger partial charge in [0.05, 0.1) is 6.10 Å². The Morgan fingerprint density at radius 1 is 0.833 bits per heavy atom. The maximum Gasteiger partial charge on any atom is 0.0585 e. The van der Waals surface area contributed by atoms with Gasteiger partial charge in [-0.15, -0.1) is 0 Å². The van der Waals surface area contributed by atoms with Crippen LogP contribution in [0.25, 0.3) is 0 Å². The molecule has 0 saturated heterocycles. The smallest absolute Gasteiger partial charge is 0.0585 e. The molecule has 1 N–H and O–H groups in total. The van der Waals surface area contributed by atoms with Crippen molar-refractivity contribution < 1.29 is 5.11 Å². The fraction of sp³-hybridized carbons (Fsp3) is 0.379. The van der Waals surface area contributed by atoms with Gasteiger partial charge in [0, 0.05) is 0 Å². The number of rotatable bonds is 8. The summed E-state index contributed by atoms with van der Waals surface area (Å²) in [6, 6.07) is 0. The molecule has 1 rings (SSSR count). The third-order valence-electron chi connectivity index (χ3n) is 5.20. The zero-order chi connectivity index (χ0) is 22.6. The molecule has 1 aliphatic carbocycles. The van der Waals surface area contributed by atoms with E-state index in [0.29, 0.717) is 0 Å². The second-order valence-corrected chi connectivity index (χ2v) is 8.83. The normalized spacial score (nSPS) is 22.1. The zero-order valence-corrected chi connectivity index (χ0v) is 19.9. The lowest BCUT2D eigenvalue weighted by molar-refractivity contribution is 0.116. The lowest BCUT2D eigenvalue weighted by Crippen LogP contribution is -2.28. The molecule has 0 unspecified atom stereocenters. The Balaban J connectivity index is 2.69. The van der Waals surface area contributed by atoms with Crippen LogP contribution >= 0.6 is 0 Å². The van der Waals surface area contributed by atoms with E-state index in [2.05, 4.69) is 102 Å². The first kappa shape index (κ1) is 25.7. The van der Waals surface area contributed by atoms with Crippen molar-refractivity contribution in [2.24, 2.45) is 5.41 Å². The van der Waals surface area contributed by atoms with Gasteiger partial charge >= 0.3 is 0 Å². The van der Waals surface area contributed by atoms with Gasteiger partial charge in [0.15, 0.2) is 0 Å². The Morgan fingerprint density at radius 2 is 1.37 bits per heavy atom. The molecule has 0 saturated carbocycles. The van der Waals surface area contributed by atoms with Crippen LogP contribution in [0.5, 0.6) is 0 Å². The number of hydrogen-bond donors (Lipinski definition) is 1. The summed E-state index contributed by atoms with van der Waals surface area (Å²) in [5.41, 5.74) is 6.31. The highest BCUT2D eigenvalue weighted by Gasteiger charge is 2.31. The molecule has 0 radical (unpaired) electrons. The molecule has 30 heavy (non-hydrogen) atoms. The van der Waals surface area contributed by atoms with Crippen molar-refractivity contribution in [1.82, 2.24) is 0 Å². The molecule has 0 heterocycles. The van der Waals surface area contributed by atoms with Crippen molar-refractivity contribution in [1.29, 1.82) is 0 Å². The molecule has 1 atom stereocenters. The van der Waals surface area contributed by atoms with Crippen LogP contribution in [-0.2, 0) is 0 Å². The van der Waals surface area contributed by atoms with Gasteiger partial charge in [0.1, 0.15) is 0 Å². The molecule has 0 fully saturated rings. The summed E-state index contributed by atoms with van der Waals surface area (Å²) in [5, 5.41) is 10.0. The second-order valence-electron chi connectivity index (χ2n) is 8.83. The molecule has 1 heteroatoms. The molecule has 0 aromatic rings. The van der Waals surface area contributed by atoms with Crippen molar-refractivity contribution in [3.05, 3.63) is 107 Å². The van der Waals surface area contributed by atoms with Crippen molar-refractivity contribution in [2.45, 2.75) is 67.4 Å². The maximum atomic E-state index is 10.0. The van der Waals surface area contributed by atoms with Crippen LogP contribution < -0.4 is 0 Å². The predicted octanol–water partition coefficient (Wildman–Crippen LogP) is 8.12. The van der Waals surface area contributed by atoms with Gasteiger partial charge in [-0.2, -0.15) is 0 Å². The lowest BCUT2D eigenvalue weighted by Gasteiger charge is -2.35. The van der Waals surface area contributed by atoms with E-state index in [9.17, 15) is 5.11 Å². The van der Waals surface area contributed by atoms with Crippen molar-refractivity contribution >= 4 is 0 Å². The first-order valence-corrected chi connectivity index (χ1v) is 10.9. The molecule has 0 spiro atoms. The molecule has 1 nitrogen and oxygen atoms in total. The molecule has 162 valence electrons. The highest BCUT2D eigenvalue weighted by atomic mass is 16.3. The van der Waals surface area contributed by atoms with E-state index in [0.717, 1.165) is 12.8 Å². The summed E-state index contributed by atoms with van der Waals surface area (Å²) in [6.45, 7) is 14.9. The Kier molecular flexibility index (Phi) is 11.1. The maximum absolute atomic E-state index is 10.0. The van der Waals surface area contributed by atoms with E-state index < -0.39 is 0 Å². The van der Waals surface area contributed by atoms with Gasteiger partial charge in [-0.1, -0.05) is 115 Å². The van der Waals surface area contributed by atoms with E-state index in [4.69, 9.17) is 0 Å². The van der Waals surface area contributed by atoms with Gasteiger partial charge in [-0.05, 0) is 58.4 Å². The van der Waals surface area contributed by atoms with Gasteiger partial charge in [0.25, 0.3) is 0 Å². The summed E-state index contributed by atoms with van der Waals surface area (Å²) >= 11 is 0. The van der Waals surface area contributed by atoms with Gasteiger partial charge < -0.3 is 5.11 Å². The fourth-order valence-corrected chi connectivity index (χ4v) is 3.65. The average Bonchev–Trinajstić information content (AvgIpc) is 2.64. The van der Waals surface area contributed by atoms with Crippen LogP contribution in [0.4, 0.5) is 0 Å². The molecule has 0 bridgehead atoms. The largest absolute Gasteiger partial charge is 0.393 e. The van der Waals surface area contributed by atoms with Gasteiger partial charge in [0.2, 0.25) is 0 Å². The first-order valence-electron chi connectivity index (χ1n) is 10.9. The Hall–Kier alpha value is -2.38. The number of aliphatic hydroxyl groups is 1. The fourth-order valence-electron chi connectivity index (χ4n) is 3.65. The summed E-state index contributed by atoms with van der Waals surface area (Å²) in [7, 11) is 0. The number of allylic oxidation sites excluding steroid dienone is 17. The van der Waals surface area contributed by atoms with Crippen molar-refractivity contribution in [3.63, 3.8) is 0 Å². The first-order chi connectivity index (χ1) is 14.2. The number of aliphatic hydroxyl groups excluding tert-OH is 1. The van der Waals surface area contributed by atoms with Gasteiger partial charge in [-0.25, -0.2) is 0 Å². The van der Waals surface area contributed by atoms with E-state index in [-0.39, 0.29) is 11.5 Å². The van der Waals surface area contributed by atoms with E-state index in [1.54, 1.807) is 0 Å². The van der Waals surface area contributed by atoms with Crippen LogP contribution in [0.3, 0.4) is 0 Å². The monoisotopic (exact) mass is 404 g/mol. The highest BCUT2D eigenvalue weighted by Crippen LogP contribution is 2.41. The lowest BCUT2D eigenvalue weighted by atomic mass is 9.71. The molecule has 0 aliphatic heterocycles. The van der Waals surface area contributed by atoms with Crippen LogP contribution in [-0.4, -0.2) is 11.2 Å². The topological polar surface area (TPSA) is 20.2 Å². The molecule has 0 aromatic heterocycles. The molecular formula is C29H40O. The standard InChI is InChI=1S/C29H40O/c1-8-9-10-14-23(2)15-11-12-16-24(3)17-13-18-25(4)19-20-28-26(5)21-27(30)22-29(28,6)7/h8-20,27,30H,21-22H2,1-7H3/b9-8-,12-11+,14-10+,17-13+,20-19+,23-15+,24-16+,25-18+/t27-/m1/s1. The Bertz CT molecular complexity index is 830. The summed E-state index contributed by atoms with van der Waals surface area (Å²) in [5.74, 6) is 0. The Morgan fingerprint density at radius 3 is 1.93 bits per heavy atom. The minimum atomic E-state index is -0.213. The quantitative estimate of drug-likeness (QED) is 0.405. The van der Waals surface area contributed by atoms with Crippen LogP contribution in [0.1, 0.15) is 61.3 Å².